The molecule has 0 saturated carbocycles. The first-order chi connectivity index (χ1) is 13.7. The van der Waals surface area contributed by atoms with E-state index in [-0.39, 0.29) is 5.37 Å². The maximum Gasteiger partial charge on any atom is 0.215 e. The minimum absolute atomic E-state index is 0.286. The van der Waals surface area contributed by atoms with Gasteiger partial charge in [-0.2, -0.15) is 4.98 Å². The van der Waals surface area contributed by atoms with Crippen molar-refractivity contribution in [1.29, 1.82) is 0 Å². The van der Waals surface area contributed by atoms with Crippen molar-refractivity contribution in [1.82, 2.24) is 14.9 Å². The summed E-state index contributed by atoms with van der Waals surface area (Å²) in [6.45, 7) is 1.99. The predicted octanol–water partition coefficient (Wildman–Crippen LogP) is 4.34. The average Bonchev–Trinajstić information content (AvgIpc) is 3.09. The van der Waals surface area contributed by atoms with E-state index in [4.69, 9.17) is 9.72 Å². The van der Waals surface area contributed by atoms with E-state index in [2.05, 4.69) is 65.3 Å². The van der Waals surface area contributed by atoms with Crippen LogP contribution in [0.1, 0.15) is 22.9 Å². The third kappa shape index (κ3) is 3.93. The van der Waals surface area contributed by atoms with Crippen LogP contribution in [0.4, 0.5) is 5.82 Å². The highest BCUT2D eigenvalue weighted by Gasteiger charge is 2.31. The summed E-state index contributed by atoms with van der Waals surface area (Å²) in [5.41, 5.74) is 3.51. The van der Waals surface area contributed by atoms with Crippen molar-refractivity contribution in [2.45, 2.75) is 18.3 Å². The Morgan fingerprint density at radius 1 is 1.11 bits per heavy atom. The summed E-state index contributed by atoms with van der Waals surface area (Å²) in [6, 6.07) is 16.8. The van der Waals surface area contributed by atoms with Crippen molar-refractivity contribution in [3.05, 3.63) is 59.7 Å². The first-order valence-corrected chi connectivity index (χ1v) is 10.6. The molecule has 1 atom stereocenters. The second kappa shape index (κ2) is 8.37. The van der Waals surface area contributed by atoms with Crippen LogP contribution in [-0.4, -0.2) is 48.4 Å². The Bertz CT molecular complexity index is 962. The van der Waals surface area contributed by atoms with Gasteiger partial charge in [-0.3, -0.25) is 0 Å². The van der Waals surface area contributed by atoms with Gasteiger partial charge in [-0.15, -0.1) is 11.8 Å². The molecule has 4 rings (SSSR count). The maximum atomic E-state index is 5.27. The number of pyridine rings is 2. The molecule has 1 unspecified atom stereocenters. The lowest BCUT2D eigenvalue weighted by atomic mass is 10.1. The molecule has 28 heavy (non-hydrogen) atoms. The minimum Gasteiger partial charge on any atom is -0.481 e. The highest BCUT2D eigenvalue weighted by atomic mass is 32.2. The number of ether oxygens (including phenoxy) is 1. The van der Waals surface area contributed by atoms with Crippen LogP contribution in [0.15, 0.2) is 48.5 Å². The van der Waals surface area contributed by atoms with Gasteiger partial charge < -0.3 is 14.5 Å². The molecule has 3 heterocycles. The normalized spacial score (nSPS) is 16.0. The molecule has 3 aromatic rings. The predicted molar refractivity (Wildman–Crippen MR) is 117 cm³/mol. The van der Waals surface area contributed by atoms with Gasteiger partial charge in [0.15, 0.2) is 5.65 Å². The smallest absolute Gasteiger partial charge is 0.215 e. The van der Waals surface area contributed by atoms with Crippen molar-refractivity contribution in [2.75, 3.05) is 38.4 Å². The molecular formula is C22H26N4OS. The number of benzene rings is 1. The molecular weight excluding hydrogens is 368 g/mol. The quantitative estimate of drug-likeness (QED) is 0.555. The van der Waals surface area contributed by atoms with Gasteiger partial charge in [0.05, 0.1) is 7.11 Å². The molecule has 0 bridgehead atoms. The first-order valence-electron chi connectivity index (χ1n) is 9.58. The third-order valence-corrected chi connectivity index (χ3v) is 6.33. The minimum atomic E-state index is 0.286. The molecule has 0 amide bonds. The Morgan fingerprint density at radius 2 is 1.93 bits per heavy atom. The summed E-state index contributed by atoms with van der Waals surface area (Å²) < 4.78 is 5.27. The number of hydrogen-bond donors (Lipinski definition) is 0. The highest BCUT2D eigenvalue weighted by Crippen LogP contribution is 2.43. The first kappa shape index (κ1) is 19.0. The van der Waals surface area contributed by atoms with E-state index >= 15 is 0 Å². The van der Waals surface area contributed by atoms with Gasteiger partial charge in [0.1, 0.15) is 11.2 Å². The molecule has 0 spiro atoms. The summed E-state index contributed by atoms with van der Waals surface area (Å²) in [6.07, 6.45) is 1.17. The molecule has 1 aromatic carbocycles. The van der Waals surface area contributed by atoms with Gasteiger partial charge in [0, 0.05) is 18.0 Å². The Kier molecular flexibility index (Phi) is 5.69. The number of nitrogens with zero attached hydrogens (tertiary/aromatic N) is 4. The van der Waals surface area contributed by atoms with Gasteiger partial charge in [0.25, 0.3) is 0 Å². The number of anilines is 1. The van der Waals surface area contributed by atoms with Crippen LogP contribution in [0.2, 0.25) is 0 Å². The number of aromatic nitrogens is 2. The van der Waals surface area contributed by atoms with Crippen LogP contribution >= 0.6 is 11.8 Å². The van der Waals surface area contributed by atoms with E-state index in [0.717, 1.165) is 35.7 Å². The molecule has 0 radical (unpaired) electrons. The molecule has 1 aliphatic rings. The number of methoxy groups -OCH3 is 1. The van der Waals surface area contributed by atoms with Crippen LogP contribution in [0.5, 0.6) is 5.88 Å². The van der Waals surface area contributed by atoms with E-state index in [1.165, 1.54) is 17.5 Å². The van der Waals surface area contributed by atoms with Gasteiger partial charge in [0.2, 0.25) is 5.88 Å². The van der Waals surface area contributed by atoms with E-state index in [0.29, 0.717) is 5.88 Å². The van der Waals surface area contributed by atoms with E-state index in [1.54, 1.807) is 7.11 Å². The third-order valence-electron chi connectivity index (χ3n) is 4.99. The van der Waals surface area contributed by atoms with Gasteiger partial charge >= 0.3 is 0 Å². The average molecular weight is 395 g/mol. The monoisotopic (exact) mass is 394 g/mol. The Labute approximate surface area is 170 Å². The van der Waals surface area contributed by atoms with Crippen molar-refractivity contribution >= 4 is 28.6 Å². The standard InChI is InChI=1S/C22H26N4OS/c1-25(2)13-6-14-28-22-18-8-5-4-7-17(18)15-26(22)19-11-9-16-10-12-20(27-3)24-21(16)23-19/h4-5,7-12,22H,6,13-15H2,1-3H3. The van der Waals surface area contributed by atoms with E-state index in [9.17, 15) is 0 Å². The largest absolute Gasteiger partial charge is 0.481 e. The Hall–Kier alpha value is -2.31. The number of rotatable bonds is 7. The van der Waals surface area contributed by atoms with Crippen molar-refractivity contribution in [3.63, 3.8) is 0 Å². The summed E-state index contributed by atoms with van der Waals surface area (Å²) >= 11 is 2.00. The van der Waals surface area contributed by atoms with Crippen molar-refractivity contribution in [2.24, 2.45) is 0 Å². The number of thioether (sulfide) groups is 1. The molecule has 0 N–H and O–H groups in total. The molecule has 2 aromatic heterocycles. The second-order valence-electron chi connectivity index (χ2n) is 7.28. The summed E-state index contributed by atoms with van der Waals surface area (Å²) in [5.74, 6) is 2.68. The zero-order valence-corrected chi connectivity index (χ0v) is 17.4. The molecule has 5 nitrogen and oxygen atoms in total. The summed E-state index contributed by atoms with van der Waals surface area (Å²) in [5, 5.41) is 1.31. The van der Waals surface area contributed by atoms with Gasteiger partial charge in [-0.05, 0) is 62.1 Å². The molecule has 6 heteroatoms. The Morgan fingerprint density at radius 3 is 2.75 bits per heavy atom. The fraction of sp³-hybridized carbons (Fsp3) is 0.364. The van der Waals surface area contributed by atoms with Crippen LogP contribution in [0.3, 0.4) is 0 Å². The SMILES string of the molecule is COc1ccc2ccc(N3Cc4ccccc4C3SCCCN(C)C)nc2n1. The lowest BCUT2D eigenvalue weighted by molar-refractivity contribution is 0.399. The van der Waals surface area contributed by atoms with Gasteiger partial charge in [-0.25, -0.2) is 4.98 Å². The summed E-state index contributed by atoms with van der Waals surface area (Å²) in [7, 11) is 5.89. The van der Waals surface area contributed by atoms with Gasteiger partial charge in [-0.1, -0.05) is 24.3 Å². The lowest BCUT2D eigenvalue weighted by Gasteiger charge is -2.26. The maximum absolute atomic E-state index is 5.27. The van der Waals surface area contributed by atoms with Crippen LogP contribution in [-0.2, 0) is 6.54 Å². The van der Waals surface area contributed by atoms with Crippen LogP contribution < -0.4 is 9.64 Å². The second-order valence-corrected chi connectivity index (χ2v) is 8.46. The van der Waals surface area contributed by atoms with E-state index in [1.807, 2.05) is 23.9 Å². The van der Waals surface area contributed by atoms with Crippen LogP contribution in [0, 0.1) is 0 Å². The summed E-state index contributed by atoms with van der Waals surface area (Å²) in [4.78, 5) is 14.0. The Balaban J connectivity index is 1.62. The van der Waals surface area contributed by atoms with Crippen molar-refractivity contribution in [3.8, 4) is 5.88 Å². The topological polar surface area (TPSA) is 41.5 Å². The van der Waals surface area contributed by atoms with E-state index < -0.39 is 0 Å². The fourth-order valence-corrected chi connectivity index (χ4v) is 4.85. The molecule has 0 aliphatic carbocycles. The molecule has 0 saturated heterocycles. The molecule has 0 fully saturated rings. The van der Waals surface area contributed by atoms with Crippen molar-refractivity contribution < 1.29 is 4.74 Å². The highest BCUT2D eigenvalue weighted by molar-refractivity contribution is 7.99. The lowest BCUT2D eigenvalue weighted by Crippen LogP contribution is -2.21. The molecule has 1 aliphatic heterocycles. The number of fused-ring (bicyclic) bond motifs is 2. The molecule has 146 valence electrons. The zero-order valence-electron chi connectivity index (χ0n) is 16.6. The fourth-order valence-electron chi connectivity index (χ4n) is 3.56. The van der Waals surface area contributed by atoms with Crippen LogP contribution in [0.25, 0.3) is 11.0 Å². The zero-order chi connectivity index (χ0) is 19.5. The number of hydrogen-bond acceptors (Lipinski definition) is 6.